The Morgan fingerprint density at radius 1 is 1.38 bits per heavy atom. The molecule has 0 saturated carbocycles. The number of oxime groups is 1. The number of nitrogens with one attached hydrogen (secondary N) is 1. The smallest absolute Gasteiger partial charge is 0.144 e. The second-order valence-electron chi connectivity index (χ2n) is 6.57. The van der Waals surface area contributed by atoms with Gasteiger partial charge < -0.3 is 16.3 Å². The van der Waals surface area contributed by atoms with E-state index in [0.29, 0.717) is 11.9 Å². The van der Waals surface area contributed by atoms with E-state index in [0.717, 1.165) is 25.8 Å². The van der Waals surface area contributed by atoms with Crippen LogP contribution in [-0.2, 0) is 6.42 Å². The van der Waals surface area contributed by atoms with Gasteiger partial charge in [-0.15, -0.1) is 0 Å². The van der Waals surface area contributed by atoms with Gasteiger partial charge in [0.1, 0.15) is 5.84 Å². The monoisotopic (exact) mass is 289 g/mol. The van der Waals surface area contributed by atoms with E-state index in [-0.39, 0.29) is 5.41 Å². The predicted molar refractivity (Wildman–Crippen MR) is 86.5 cm³/mol. The molecular formula is C17H27N3O. The molecule has 1 aromatic rings. The lowest BCUT2D eigenvalue weighted by atomic mass is 9.86. The van der Waals surface area contributed by atoms with Crippen LogP contribution in [0.3, 0.4) is 0 Å². The van der Waals surface area contributed by atoms with Crippen LogP contribution in [-0.4, -0.2) is 17.6 Å². The SMILES string of the molecule is CC(C)(CCCCNC1CCc2ccccc21)/C(N)=N/O. The highest BCUT2D eigenvalue weighted by Gasteiger charge is 2.23. The minimum Gasteiger partial charge on any atom is -0.409 e. The summed E-state index contributed by atoms with van der Waals surface area (Å²) in [5.74, 6) is 0.320. The Hall–Kier alpha value is -1.55. The van der Waals surface area contributed by atoms with E-state index < -0.39 is 0 Å². The second kappa shape index (κ2) is 6.94. The molecule has 21 heavy (non-hydrogen) atoms. The molecule has 116 valence electrons. The standard InChI is InChI=1S/C17H27N3O/c1-17(2,16(18)20-21)11-5-6-12-19-15-10-9-13-7-3-4-8-14(13)15/h3-4,7-8,15,19,21H,5-6,9-12H2,1-2H3,(H2,18,20). The molecule has 4 nitrogen and oxygen atoms in total. The van der Waals surface area contributed by atoms with Crippen LogP contribution < -0.4 is 11.1 Å². The third kappa shape index (κ3) is 3.97. The Morgan fingerprint density at radius 2 is 2.14 bits per heavy atom. The highest BCUT2D eigenvalue weighted by atomic mass is 16.4. The minimum absolute atomic E-state index is 0.227. The van der Waals surface area contributed by atoms with Gasteiger partial charge in [-0.25, -0.2) is 0 Å². The number of hydrogen-bond donors (Lipinski definition) is 3. The molecule has 0 bridgehead atoms. The third-order valence-electron chi connectivity index (χ3n) is 4.55. The molecule has 2 rings (SSSR count). The Labute approximate surface area is 127 Å². The first-order valence-electron chi connectivity index (χ1n) is 7.84. The van der Waals surface area contributed by atoms with Crippen molar-refractivity contribution in [1.29, 1.82) is 0 Å². The zero-order valence-corrected chi connectivity index (χ0v) is 13.1. The zero-order chi connectivity index (χ0) is 15.3. The van der Waals surface area contributed by atoms with Crippen LogP contribution in [0.1, 0.15) is 56.7 Å². The molecule has 1 aliphatic rings. The molecular weight excluding hydrogens is 262 g/mol. The number of benzene rings is 1. The molecule has 0 aromatic heterocycles. The van der Waals surface area contributed by atoms with Crippen LogP contribution in [0, 0.1) is 5.41 Å². The van der Waals surface area contributed by atoms with Crippen LogP contribution in [0.25, 0.3) is 0 Å². The maximum Gasteiger partial charge on any atom is 0.144 e. The van der Waals surface area contributed by atoms with Gasteiger partial charge in [0, 0.05) is 11.5 Å². The van der Waals surface area contributed by atoms with E-state index in [2.05, 4.69) is 34.7 Å². The van der Waals surface area contributed by atoms with Crippen molar-refractivity contribution in [1.82, 2.24) is 5.32 Å². The molecule has 0 fully saturated rings. The number of unbranched alkanes of at least 4 members (excludes halogenated alkanes) is 1. The molecule has 0 heterocycles. The summed E-state index contributed by atoms with van der Waals surface area (Å²) in [6, 6.07) is 9.23. The van der Waals surface area contributed by atoms with E-state index in [4.69, 9.17) is 10.9 Å². The number of amidine groups is 1. The second-order valence-corrected chi connectivity index (χ2v) is 6.57. The lowest BCUT2D eigenvalue weighted by Crippen LogP contribution is -2.32. The number of aryl methyl sites for hydroxylation is 1. The summed E-state index contributed by atoms with van der Waals surface area (Å²) in [6.45, 7) is 5.05. The first kappa shape index (κ1) is 15.8. The molecule has 1 atom stereocenters. The number of hydrogen-bond acceptors (Lipinski definition) is 3. The van der Waals surface area contributed by atoms with Gasteiger partial charge in [-0.3, -0.25) is 0 Å². The first-order chi connectivity index (χ1) is 10.0. The van der Waals surface area contributed by atoms with Crippen LogP contribution in [0.15, 0.2) is 29.4 Å². The van der Waals surface area contributed by atoms with Crippen molar-refractivity contribution in [2.75, 3.05) is 6.54 Å². The first-order valence-corrected chi connectivity index (χ1v) is 7.84. The lowest BCUT2D eigenvalue weighted by Gasteiger charge is -2.22. The number of fused-ring (bicyclic) bond motifs is 1. The topological polar surface area (TPSA) is 70.6 Å². The van der Waals surface area contributed by atoms with Gasteiger partial charge in [0.2, 0.25) is 0 Å². The summed E-state index contributed by atoms with van der Waals surface area (Å²) in [5.41, 5.74) is 8.43. The maximum absolute atomic E-state index is 8.76. The summed E-state index contributed by atoms with van der Waals surface area (Å²) >= 11 is 0. The van der Waals surface area contributed by atoms with E-state index in [1.165, 1.54) is 24.0 Å². The number of nitrogens with two attached hydrogens (primary N) is 1. The fraction of sp³-hybridized carbons (Fsp3) is 0.588. The molecule has 4 N–H and O–H groups in total. The lowest BCUT2D eigenvalue weighted by molar-refractivity contribution is 0.304. The summed E-state index contributed by atoms with van der Waals surface area (Å²) in [6.07, 6.45) is 5.51. The van der Waals surface area contributed by atoms with Crippen LogP contribution in [0.4, 0.5) is 0 Å². The number of rotatable bonds is 7. The largest absolute Gasteiger partial charge is 0.409 e. The molecule has 1 unspecified atom stereocenters. The van der Waals surface area contributed by atoms with Gasteiger partial charge >= 0.3 is 0 Å². The molecule has 0 amide bonds. The van der Waals surface area contributed by atoms with E-state index in [9.17, 15) is 0 Å². The van der Waals surface area contributed by atoms with Gasteiger partial charge in [0.15, 0.2) is 0 Å². The quantitative estimate of drug-likeness (QED) is 0.237. The van der Waals surface area contributed by atoms with E-state index >= 15 is 0 Å². The minimum atomic E-state index is -0.227. The van der Waals surface area contributed by atoms with Crippen molar-refractivity contribution in [2.45, 2.75) is 52.0 Å². The van der Waals surface area contributed by atoms with Crippen molar-refractivity contribution in [3.05, 3.63) is 35.4 Å². The van der Waals surface area contributed by atoms with Crippen molar-refractivity contribution in [3.8, 4) is 0 Å². The zero-order valence-electron chi connectivity index (χ0n) is 13.1. The highest BCUT2D eigenvalue weighted by molar-refractivity contribution is 5.85. The average molecular weight is 289 g/mol. The van der Waals surface area contributed by atoms with Crippen molar-refractivity contribution < 1.29 is 5.21 Å². The fourth-order valence-electron chi connectivity index (χ4n) is 3.00. The summed E-state index contributed by atoms with van der Waals surface area (Å²) < 4.78 is 0. The van der Waals surface area contributed by atoms with Gasteiger partial charge in [0.05, 0.1) is 0 Å². The summed E-state index contributed by atoms with van der Waals surface area (Å²) in [7, 11) is 0. The Bertz CT molecular complexity index is 497. The molecule has 0 aliphatic heterocycles. The summed E-state index contributed by atoms with van der Waals surface area (Å²) in [5, 5.41) is 15.5. The average Bonchev–Trinajstić information content (AvgIpc) is 2.89. The normalized spacial score (nSPS) is 18.8. The van der Waals surface area contributed by atoms with Gasteiger partial charge in [-0.05, 0) is 43.4 Å². The van der Waals surface area contributed by atoms with Crippen LogP contribution in [0.5, 0.6) is 0 Å². The van der Waals surface area contributed by atoms with Crippen molar-refractivity contribution in [2.24, 2.45) is 16.3 Å². The number of nitrogens with zero attached hydrogens (tertiary/aromatic N) is 1. The molecule has 0 spiro atoms. The van der Waals surface area contributed by atoms with E-state index in [1.54, 1.807) is 0 Å². The highest BCUT2D eigenvalue weighted by Crippen LogP contribution is 2.30. The third-order valence-corrected chi connectivity index (χ3v) is 4.55. The van der Waals surface area contributed by atoms with E-state index in [1.807, 2.05) is 13.8 Å². The summed E-state index contributed by atoms with van der Waals surface area (Å²) in [4.78, 5) is 0. The Morgan fingerprint density at radius 3 is 2.90 bits per heavy atom. The van der Waals surface area contributed by atoms with Gasteiger partial charge in [-0.1, -0.05) is 49.7 Å². The molecule has 0 saturated heterocycles. The van der Waals surface area contributed by atoms with Crippen LogP contribution in [0.2, 0.25) is 0 Å². The Balaban J connectivity index is 1.70. The molecule has 1 aromatic carbocycles. The van der Waals surface area contributed by atoms with Gasteiger partial charge in [0.25, 0.3) is 0 Å². The molecule has 1 aliphatic carbocycles. The van der Waals surface area contributed by atoms with Crippen molar-refractivity contribution in [3.63, 3.8) is 0 Å². The maximum atomic E-state index is 8.76. The fourth-order valence-corrected chi connectivity index (χ4v) is 3.00. The molecule has 0 radical (unpaired) electrons. The Kier molecular flexibility index (Phi) is 5.23. The molecule has 4 heteroatoms. The van der Waals surface area contributed by atoms with Crippen molar-refractivity contribution >= 4 is 5.84 Å². The predicted octanol–water partition coefficient (Wildman–Crippen LogP) is 3.21. The van der Waals surface area contributed by atoms with Gasteiger partial charge in [-0.2, -0.15) is 0 Å². The van der Waals surface area contributed by atoms with Crippen LogP contribution >= 0.6 is 0 Å².